The molecule has 2 aromatic heterocycles. The largest absolute Gasteiger partial charge is 0.326 e. The lowest BCUT2D eigenvalue weighted by Crippen LogP contribution is -2.43. The number of imidazole rings is 1. The van der Waals surface area contributed by atoms with Gasteiger partial charge in [-0.25, -0.2) is 18.4 Å². The second-order valence-electron chi connectivity index (χ2n) is 8.03. The first-order valence-corrected chi connectivity index (χ1v) is 12.2. The van der Waals surface area contributed by atoms with Crippen LogP contribution in [-0.2, 0) is 14.8 Å². The maximum absolute atomic E-state index is 12.9. The first-order valence-electron chi connectivity index (χ1n) is 10.8. The molecular formula is C24H23N5O3S. The summed E-state index contributed by atoms with van der Waals surface area (Å²) in [6, 6.07) is 17.6. The van der Waals surface area contributed by atoms with Crippen LogP contribution in [0, 0.1) is 5.92 Å². The van der Waals surface area contributed by atoms with Crippen molar-refractivity contribution in [3.8, 4) is 11.3 Å². The Bertz CT molecular complexity index is 1350. The fourth-order valence-electron chi connectivity index (χ4n) is 4.05. The summed E-state index contributed by atoms with van der Waals surface area (Å²) in [6.45, 7) is 0.596. The maximum Gasteiger partial charge on any atom is 0.243 e. The Kier molecular flexibility index (Phi) is 5.65. The number of amides is 1. The number of nitrogens with zero attached hydrogens (tertiary/aromatic N) is 4. The molecule has 33 heavy (non-hydrogen) atoms. The number of fused-ring (bicyclic) bond motifs is 1. The van der Waals surface area contributed by atoms with Crippen LogP contribution in [0.2, 0.25) is 0 Å². The molecule has 2 aromatic carbocycles. The smallest absolute Gasteiger partial charge is 0.243 e. The third kappa shape index (κ3) is 4.37. The molecule has 1 N–H and O–H groups in total. The first kappa shape index (κ1) is 21.3. The number of benzene rings is 2. The Morgan fingerprint density at radius 1 is 1.03 bits per heavy atom. The summed E-state index contributed by atoms with van der Waals surface area (Å²) >= 11 is 0. The molecule has 3 heterocycles. The fourth-order valence-corrected chi connectivity index (χ4v) is 5.60. The fraction of sp³-hybridized carbons (Fsp3) is 0.208. The van der Waals surface area contributed by atoms with Crippen molar-refractivity contribution in [1.82, 2.24) is 18.7 Å². The van der Waals surface area contributed by atoms with Crippen molar-refractivity contribution in [3.63, 3.8) is 0 Å². The van der Waals surface area contributed by atoms with E-state index in [4.69, 9.17) is 0 Å². The summed E-state index contributed by atoms with van der Waals surface area (Å²) in [6.07, 6.45) is 6.78. The molecule has 8 nitrogen and oxygen atoms in total. The SMILES string of the molecule is O=C(Nc1ccc(-c2cn3cccnc3n2)cc1)C1CCCN(S(=O)(=O)c2ccccc2)C1. The Hall–Kier alpha value is -3.56. The van der Waals surface area contributed by atoms with Crippen molar-refractivity contribution >= 4 is 27.4 Å². The van der Waals surface area contributed by atoms with Gasteiger partial charge in [0, 0.05) is 42.9 Å². The monoisotopic (exact) mass is 461 g/mol. The molecule has 1 amide bonds. The minimum atomic E-state index is -3.61. The highest BCUT2D eigenvalue weighted by molar-refractivity contribution is 7.89. The van der Waals surface area contributed by atoms with Gasteiger partial charge in [0.2, 0.25) is 21.7 Å². The van der Waals surface area contributed by atoms with Gasteiger partial charge >= 0.3 is 0 Å². The number of hydrogen-bond donors (Lipinski definition) is 1. The van der Waals surface area contributed by atoms with Crippen molar-refractivity contribution in [1.29, 1.82) is 0 Å². The van der Waals surface area contributed by atoms with Crippen molar-refractivity contribution < 1.29 is 13.2 Å². The third-order valence-electron chi connectivity index (χ3n) is 5.82. The lowest BCUT2D eigenvalue weighted by molar-refractivity contribution is -0.120. The average Bonchev–Trinajstić information content (AvgIpc) is 3.29. The Morgan fingerprint density at radius 2 is 1.82 bits per heavy atom. The van der Waals surface area contributed by atoms with E-state index < -0.39 is 15.9 Å². The van der Waals surface area contributed by atoms with E-state index in [2.05, 4.69) is 15.3 Å². The van der Waals surface area contributed by atoms with E-state index in [1.54, 1.807) is 36.5 Å². The lowest BCUT2D eigenvalue weighted by atomic mass is 9.98. The minimum absolute atomic E-state index is 0.173. The molecule has 0 bridgehead atoms. The van der Waals surface area contributed by atoms with E-state index in [0.717, 1.165) is 11.3 Å². The van der Waals surface area contributed by atoms with Crippen LogP contribution in [0.5, 0.6) is 0 Å². The Balaban J connectivity index is 1.26. The lowest BCUT2D eigenvalue weighted by Gasteiger charge is -2.31. The van der Waals surface area contributed by atoms with Crippen molar-refractivity contribution in [2.24, 2.45) is 5.92 Å². The number of hydrogen-bond acceptors (Lipinski definition) is 5. The second-order valence-corrected chi connectivity index (χ2v) is 9.97. The first-order chi connectivity index (χ1) is 16.0. The van der Waals surface area contributed by atoms with Gasteiger partial charge in [0.05, 0.1) is 16.5 Å². The van der Waals surface area contributed by atoms with Gasteiger partial charge in [-0.15, -0.1) is 0 Å². The zero-order valence-corrected chi connectivity index (χ0v) is 18.6. The van der Waals surface area contributed by atoms with Crippen molar-refractivity contribution in [2.75, 3.05) is 18.4 Å². The summed E-state index contributed by atoms with van der Waals surface area (Å²) in [7, 11) is -3.61. The van der Waals surface area contributed by atoms with E-state index >= 15 is 0 Å². The summed E-state index contributed by atoms with van der Waals surface area (Å²) < 4.78 is 29.1. The van der Waals surface area contributed by atoms with E-state index in [-0.39, 0.29) is 17.3 Å². The van der Waals surface area contributed by atoms with Crippen LogP contribution in [0.3, 0.4) is 0 Å². The number of piperidine rings is 1. The summed E-state index contributed by atoms with van der Waals surface area (Å²) in [5.41, 5.74) is 2.37. The third-order valence-corrected chi connectivity index (χ3v) is 7.70. The van der Waals surface area contributed by atoms with Crippen molar-refractivity contribution in [3.05, 3.63) is 79.3 Å². The molecule has 1 atom stereocenters. The standard InChI is InChI=1S/C24H23N5O3S/c30-23(19-6-4-15-29(16-19)33(31,32)21-7-2-1-3-8-21)26-20-11-9-18(10-12-20)22-17-28-14-5-13-25-24(28)27-22/h1-3,5,7-14,17,19H,4,6,15-16H2,(H,26,30). The Morgan fingerprint density at radius 3 is 2.58 bits per heavy atom. The number of nitrogens with one attached hydrogen (secondary N) is 1. The van der Waals surface area contributed by atoms with Gasteiger partial charge < -0.3 is 5.32 Å². The summed E-state index contributed by atoms with van der Waals surface area (Å²) in [5, 5.41) is 2.93. The van der Waals surface area contributed by atoms with Crippen LogP contribution in [-0.4, -0.2) is 46.1 Å². The quantitative estimate of drug-likeness (QED) is 0.491. The Labute approximate surface area is 192 Å². The number of carbonyl (C=O) groups is 1. The van der Waals surface area contributed by atoms with Crippen LogP contribution in [0.25, 0.3) is 17.0 Å². The van der Waals surface area contributed by atoms with Gasteiger partial charge in [0.25, 0.3) is 0 Å². The zero-order valence-electron chi connectivity index (χ0n) is 17.8. The topological polar surface area (TPSA) is 96.7 Å². The molecule has 0 spiro atoms. The second kappa shape index (κ2) is 8.76. The highest BCUT2D eigenvalue weighted by Gasteiger charge is 2.33. The molecule has 168 valence electrons. The van der Waals surface area contributed by atoms with Gasteiger partial charge in [-0.05, 0) is 43.2 Å². The molecule has 5 rings (SSSR count). The number of sulfonamides is 1. The molecule has 0 saturated carbocycles. The van der Waals surface area contributed by atoms with Gasteiger partial charge in [0.15, 0.2) is 0 Å². The molecule has 1 saturated heterocycles. The molecule has 1 aliphatic rings. The molecule has 1 aliphatic heterocycles. The van der Waals surface area contributed by atoms with E-state index in [0.29, 0.717) is 30.9 Å². The highest BCUT2D eigenvalue weighted by Crippen LogP contribution is 2.26. The van der Waals surface area contributed by atoms with E-state index in [1.165, 1.54) is 4.31 Å². The normalized spacial score (nSPS) is 17.2. The van der Waals surface area contributed by atoms with Crippen LogP contribution < -0.4 is 5.32 Å². The molecule has 1 fully saturated rings. The number of anilines is 1. The predicted molar refractivity (Wildman–Crippen MR) is 125 cm³/mol. The van der Waals surface area contributed by atoms with Gasteiger partial charge in [-0.2, -0.15) is 4.31 Å². The number of carbonyl (C=O) groups excluding carboxylic acids is 1. The van der Waals surface area contributed by atoms with Crippen molar-refractivity contribution in [2.45, 2.75) is 17.7 Å². The van der Waals surface area contributed by atoms with Gasteiger partial charge in [-0.3, -0.25) is 9.20 Å². The zero-order chi connectivity index (χ0) is 22.8. The highest BCUT2D eigenvalue weighted by atomic mass is 32.2. The van der Waals surface area contributed by atoms with Gasteiger partial charge in [0.1, 0.15) is 0 Å². The van der Waals surface area contributed by atoms with E-state index in [9.17, 15) is 13.2 Å². The van der Waals surface area contributed by atoms with Crippen LogP contribution in [0.15, 0.2) is 84.1 Å². The summed E-state index contributed by atoms with van der Waals surface area (Å²) in [4.78, 5) is 21.9. The van der Waals surface area contributed by atoms with E-state index in [1.807, 2.05) is 47.1 Å². The van der Waals surface area contributed by atoms with Gasteiger partial charge in [-0.1, -0.05) is 30.3 Å². The van der Waals surface area contributed by atoms with Crippen LogP contribution >= 0.6 is 0 Å². The molecule has 0 radical (unpaired) electrons. The molecule has 0 aliphatic carbocycles. The minimum Gasteiger partial charge on any atom is -0.326 e. The van der Waals surface area contributed by atoms with Crippen LogP contribution in [0.1, 0.15) is 12.8 Å². The van der Waals surface area contributed by atoms with Crippen LogP contribution in [0.4, 0.5) is 5.69 Å². The molecular weight excluding hydrogens is 438 g/mol. The molecule has 4 aromatic rings. The summed E-state index contributed by atoms with van der Waals surface area (Å²) in [5.74, 6) is 0.0475. The maximum atomic E-state index is 12.9. The molecule has 9 heteroatoms. The molecule has 1 unspecified atom stereocenters. The predicted octanol–water partition coefficient (Wildman–Crippen LogP) is 3.44. The average molecular weight is 462 g/mol. The number of aromatic nitrogens is 3. The number of rotatable bonds is 5.